The van der Waals surface area contributed by atoms with Crippen LogP contribution >= 0.6 is 24.0 Å². The van der Waals surface area contributed by atoms with Crippen LogP contribution in [0.4, 0.5) is 0 Å². The van der Waals surface area contributed by atoms with Crippen molar-refractivity contribution in [3.63, 3.8) is 0 Å². The van der Waals surface area contributed by atoms with E-state index in [0.29, 0.717) is 6.10 Å². The average Bonchev–Trinajstić information content (AvgIpc) is 2.73. The zero-order valence-electron chi connectivity index (χ0n) is 17.8. The highest BCUT2D eigenvalue weighted by atomic mass is 127. The van der Waals surface area contributed by atoms with Crippen molar-refractivity contribution >= 4 is 29.9 Å². The van der Waals surface area contributed by atoms with Crippen LogP contribution < -0.4 is 5.32 Å². The number of ether oxygens (including phenoxy) is 1. The van der Waals surface area contributed by atoms with E-state index < -0.39 is 0 Å². The number of aliphatic imine (C=N–C) groups is 1. The van der Waals surface area contributed by atoms with Gasteiger partial charge in [-0.05, 0) is 43.7 Å². The molecule has 0 radical (unpaired) electrons. The summed E-state index contributed by atoms with van der Waals surface area (Å²) in [6.45, 7) is 8.58. The van der Waals surface area contributed by atoms with Crippen molar-refractivity contribution in [2.75, 3.05) is 39.8 Å². The number of hydrogen-bond acceptors (Lipinski definition) is 4. The van der Waals surface area contributed by atoms with Crippen LogP contribution in [-0.2, 0) is 17.8 Å². The molecule has 0 spiro atoms. The van der Waals surface area contributed by atoms with E-state index in [1.807, 2.05) is 7.05 Å². The summed E-state index contributed by atoms with van der Waals surface area (Å²) in [6.07, 6.45) is 4.21. The van der Waals surface area contributed by atoms with Gasteiger partial charge in [0.15, 0.2) is 5.96 Å². The average molecular weight is 516 g/mol. The first-order valence-electron chi connectivity index (χ1n) is 10.7. The first-order chi connectivity index (χ1) is 13.7. The van der Waals surface area contributed by atoms with Gasteiger partial charge >= 0.3 is 0 Å². The normalized spacial score (nSPS) is 19.8. The Bertz CT molecular complexity index is 610. The van der Waals surface area contributed by atoms with E-state index in [0.717, 1.165) is 77.5 Å². The first-order valence-corrected chi connectivity index (χ1v) is 10.7. The molecule has 2 N–H and O–H groups in total. The second-order valence-electron chi connectivity index (χ2n) is 7.87. The van der Waals surface area contributed by atoms with Crippen LogP contribution in [0.1, 0.15) is 43.7 Å². The number of halogens is 1. The number of benzene rings is 1. The molecule has 164 valence electrons. The standard InChI is InChI=1S/C22H36N4O2.HI/c1-3-28-21-10-14-26(15-11-21)22(23-2)24-16-18-4-6-19(7-5-18)17-25-12-8-20(27)9-13-25;/h4-7,20-21,27H,3,8-17H2,1-2H3,(H,23,24);1H. The molecular weight excluding hydrogens is 479 g/mol. The van der Waals surface area contributed by atoms with Crippen LogP contribution in [0.25, 0.3) is 0 Å². The van der Waals surface area contributed by atoms with Crippen molar-refractivity contribution in [1.29, 1.82) is 0 Å². The van der Waals surface area contributed by atoms with E-state index in [1.165, 1.54) is 11.1 Å². The van der Waals surface area contributed by atoms with Crippen LogP contribution in [0.3, 0.4) is 0 Å². The Morgan fingerprint density at radius 1 is 1.07 bits per heavy atom. The molecule has 1 aromatic carbocycles. The van der Waals surface area contributed by atoms with E-state index in [1.54, 1.807) is 0 Å². The summed E-state index contributed by atoms with van der Waals surface area (Å²) in [4.78, 5) is 9.21. The van der Waals surface area contributed by atoms with Gasteiger partial charge < -0.3 is 20.1 Å². The highest BCUT2D eigenvalue weighted by Gasteiger charge is 2.21. The van der Waals surface area contributed by atoms with E-state index in [4.69, 9.17) is 4.74 Å². The zero-order valence-corrected chi connectivity index (χ0v) is 20.2. The van der Waals surface area contributed by atoms with Gasteiger partial charge in [-0.15, -0.1) is 24.0 Å². The predicted molar refractivity (Wildman–Crippen MR) is 129 cm³/mol. The molecule has 1 aromatic rings. The molecule has 2 aliphatic rings. The molecule has 6 nitrogen and oxygen atoms in total. The lowest BCUT2D eigenvalue weighted by molar-refractivity contribution is 0.0263. The number of rotatable bonds is 6. The third-order valence-electron chi connectivity index (χ3n) is 5.79. The van der Waals surface area contributed by atoms with E-state index in [9.17, 15) is 5.11 Å². The van der Waals surface area contributed by atoms with Gasteiger partial charge in [-0.25, -0.2) is 0 Å². The molecule has 29 heavy (non-hydrogen) atoms. The van der Waals surface area contributed by atoms with Crippen LogP contribution in [0, 0.1) is 0 Å². The van der Waals surface area contributed by atoms with E-state index >= 15 is 0 Å². The van der Waals surface area contributed by atoms with Gasteiger partial charge in [0.1, 0.15) is 0 Å². The SMILES string of the molecule is CCOC1CCN(C(=NC)NCc2ccc(CN3CCC(O)CC3)cc2)CC1.I. The minimum Gasteiger partial charge on any atom is -0.393 e. The Hall–Kier alpha value is -0.900. The molecule has 0 unspecified atom stereocenters. The van der Waals surface area contributed by atoms with Crippen molar-refractivity contribution < 1.29 is 9.84 Å². The molecule has 3 rings (SSSR count). The number of hydrogen-bond donors (Lipinski definition) is 2. The smallest absolute Gasteiger partial charge is 0.193 e. The Morgan fingerprint density at radius 2 is 1.69 bits per heavy atom. The monoisotopic (exact) mass is 516 g/mol. The van der Waals surface area contributed by atoms with Gasteiger partial charge in [-0.3, -0.25) is 9.89 Å². The Morgan fingerprint density at radius 3 is 2.28 bits per heavy atom. The lowest BCUT2D eigenvalue weighted by atomic mass is 10.1. The van der Waals surface area contributed by atoms with Gasteiger partial charge in [-0.1, -0.05) is 24.3 Å². The number of piperidine rings is 2. The topological polar surface area (TPSA) is 60.3 Å². The molecule has 2 fully saturated rings. The molecular formula is C22H37IN4O2. The quantitative estimate of drug-likeness (QED) is 0.346. The van der Waals surface area contributed by atoms with Crippen molar-refractivity contribution in [2.24, 2.45) is 4.99 Å². The fraction of sp³-hybridized carbons (Fsp3) is 0.682. The maximum Gasteiger partial charge on any atom is 0.193 e. The lowest BCUT2D eigenvalue weighted by Crippen LogP contribution is -2.46. The molecule has 2 aliphatic heterocycles. The summed E-state index contributed by atoms with van der Waals surface area (Å²) < 4.78 is 5.74. The third-order valence-corrected chi connectivity index (χ3v) is 5.79. The predicted octanol–water partition coefficient (Wildman–Crippen LogP) is 2.84. The van der Waals surface area contributed by atoms with Crippen molar-refractivity contribution in [3.05, 3.63) is 35.4 Å². The maximum atomic E-state index is 9.63. The molecule has 0 bridgehead atoms. The summed E-state index contributed by atoms with van der Waals surface area (Å²) in [5.41, 5.74) is 2.60. The summed E-state index contributed by atoms with van der Waals surface area (Å²) in [5.74, 6) is 0.978. The Balaban J connectivity index is 0.00000300. The minimum atomic E-state index is -0.107. The molecule has 0 saturated carbocycles. The molecule has 7 heteroatoms. The number of guanidine groups is 1. The third kappa shape index (κ3) is 7.70. The zero-order chi connectivity index (χ0) is 19.8. The summed E-state index contributed by atoms with van der Waals surface area (Å²) in [6, 6.07) is 8.85. The fourth-order valence-electron chi connectivity index (χ4n) is 4.08. The first kappa shape index (κ1) is 24.4. The van der Waals surface area contributed by atoms with Gasteiger partial charge in [0.2, 0.25) is 0 Å². The lowest BCUT2D eigenvalue weighted by Gasteiger charge is -2.34. The number of nitrogens with zero attached hydrogens (tertiary/aromatic N) is 3. The van der Waals surface area contributed by atoms with Gasteiger partial charge in [0.05, 0.1) is 12.2 Å². The highest BCUT2D eigenvalue weighted by molar-refractivity contribution is 14.0. The van der Waals surface area contributed by atoms with Crippen molar-refractivity contribution in [2.45, 2.75) is 57.9 Å². The van der Waals surface area contributed by atoms with E-state index in [2.05, 4.69) is 51.3 Å². The maximum absolute atomic E-state index is 9.63. The largest absolute Gasteiger partial charge is 0.393 e. The molecule has 0 aliphatic carbocycles. The summed E-state index contributed by atoms with van der Waals surface area (Å²) in [5, 5.41) is 13.1. The minimum absolute atomic E-state index is 0. The molecule has 2 heterocycles. The second-order valence-corrected chi connectivity index (χ2v) is 7.87. The number of aliphatic hydroxyl groups excluding tert-OH is 1. The van der Waals surface area contributed by atoms with Crippen LogP contribution in [0.5, 0.6) is 0 Å². The second kappa shape index (κ2) is 12.7. The van der Waals surface area contributed by atoms with Crippen molar-refractivity contribution in [1.82, 2.24) is 15.1 Å². The Labute approximate surface area is 192 Å². The fourth-order valence-corrected chi connectivity index (χ4v) is 4.08. The number of nitrogens with one attached hydrogen (secondary N) is 1. The van der Waals surface area contributed by atoms with E-state index in [-0.39, 0.29) is 30.1 Å². The molecule has 0 aromatic heterocycles. The Kier molecular flexibility index (Phi) is 10.7. The number of aliphatic hydroxyl groups is 1. The molecule has 0 amide bonds. The molecule has 2 saturated heterocycles. The van der Waals surface area contributed by atoms with Crippen LogP contribution in [0.2, 0.25) is 0 Å². The van der Waals surface area contributed by atoms with Gasteiger partial charge in [0.25, 0.3) is 0 Å². The number of likely N-dealkylation sites (tertiary alicyclic amines) is 2. The highest BCUT2D eigenvalue weighted by Crippen LogP contribution is 2.15. The van der Waals surface area contributed by atoms with Gasteiger partial charge in [-0.2, -0.15) is 0 Å². The van der Waals surface area contributed by atoms with Crippen molar-refractivity contribution in [3.8, 4) is 0 Å². The molecule has 0 atom stereocenters. The van der Waals surface area contributed by atoms with Crippen LogP contribution in [-0.4, -0.2) is 72.9 Å². The summed E-state index contributed by atoms with van der Waals surface area (Å²) in [7, 11) is 1.86. The van der Waals surface area contributed by atoms with Crippen LogP contribution in [0.15, 0.2) is 29.3 Å². The van der Waals surface area contributed by atoms with Gasteiger partial charge in [0, 0.05) is 52.9 Å². The summed E-state index contributed by atoms with van der Waals surface area (Å²) >= 11 is 0.